The third-order valence-electron chi connectivity index (χ3n) is 2.92. The van der Waals surface area contributed by atoms with Crippen LogP contribution in [-0.2, 0) is 10.1 Å². The van der Waals surface area contributed by atoms with Gasteiger partial charge in [-0.3, -0.25) is 10.1 Å². The minimum atomic E-state index is -4.23. The number of hydrogen-bond acceptors (Lipinski definition) is 6. The molecule has 0 radical (unpaired) electrons. The molecule has 122 valence electrons. The molecule has 0 saturated carbocycles. The van der Waals surface area contributed by atoms with Gasteiger partial charge in [-0.05, 0) is 25.1 Å². The zero-order valence-electron chi connectivity index (χ0n) is 12.1. The van der Waals surface area contributed by atoms with Crippen LogP contribution >= 0.6 is 15.9 Å². The topological polar surface area (TPSA) is 95.7 Å². The molecule has 0 spiro atoms. The van der Waals surface area contributed by atoms with Gasteiger partial charge in [-0.2, -0.15) is 8.42 Å². The summed E-state index contributed by atoms with van der Waals surface area (Å²) < 4.78 is 35.0. The number of nitro benzene ring substituents is 1. The van der Waals surface area contributed by atoms with Crippen LogP contribution in [0.3, 0.4) is 0 Å². The lowest BCUT2D eigenvalue weighted by Gasteiger charge is -2.11. The predicted molar refractivity (Wildman–Crippen MR) is 86.3 cm³/mol. The van der Waals surface area contributed by atoms with E-state index in [1.165, 1.54) is 25.3 Å². The zero-order chi connectivity index (χ0) is 17.2. The van der Waals surface area contributed by atoms with Crippen LogP contribution in [0.5, 0.6) is 11.5 Å². The predicted octanol–water partition coefficient (Wildman–Crippen LogP) is 3.44. The van der Waals surface area contributed by atoms with Crippen LogP contribution in [0, 0.1) is 17.0 Å². The Morgan fingerprint density at radius 3 is 2.30 bits per heavy atom. The number of rotatable bonds is 5. The first-order valence-electron chi connectivity index (χ1n) is 6.27. The molecule has 0 saturated heterocycles. The number of benzene rings is 2. The van der Waals surface area contributed by atoms with Gasteiger partial charge in [-0.15, -0.1) is 0 Å². The number of halogens is 1. The molecule has 0 amide bonds. The van der Waals surface area contributed by atoms with Crippen molar-refractivity contribution in [1.29, 1.82) is 0 Å². The molecule has 0 aromatic heterocycles. The van der Waals surface area contributed by atoms with Crippen molar-refractivity contribution < 1.29 is 22.3 Å². The van der Waals surface area contributed by atoms with E-state index in [-0.39, 0.29) is 10.6 Å². The minimum Gasteiger partial charge on any atom is -0.492 e. The maximum absolute atomic E-state index is 12.3. The van der Waals surface area contributed by atoms with E-state index in [1.807, 2.05) is 0 Å². The monoisotopic (exact) mass is 401 g/mol. The van der Waals surface area contributed by atoms with Crippen LogP contribution in [-0.4, -0.2) is 20.5 Å². The third-order valence-corrected chi connectivity index (χ3v) is 4.61. The summed E-state index contributed by atoms with van der Waals surface area (Å²) in [4.78, 5) is 10.3. The summed E-state index contributed by atoms with van der Waals surface area (Å²) in [7, 11) is -2.97. The van der Waals surface area contributed by atoms with Crippen LogP contribution in [0.2, 0.25) is 0 Å². The summed E-state index contributed by atoms with van der Waals surface area (Å²) in [5, 5.41) is 11.2. The lowest BCUT2D eigenvalue weighted by atomic mass is 10.2. The molecule has 0 aliphatic heterocycles. The number of hydrogen-bond donors (Lipinski definition) is 0. The van der Waals surface area contributed by atoms with E-state index in [0.717, 1.165) is 11.6 Å². The number of nitrogens with zero attached hydrogens (tertiary/aromatic N) is 1. The molecule has 7 nitrogen and oxygen atoms in total. The van der Waals surface area contributed by atoms with Crippen molar-refractivity contribution in [3.63, 3.8) is 0 Å². The van der Waals surface area contributed by atoms with E-state index < -0.39 is 26.5 Å². The first-order chi connectivity index (χ1) is 10.7. The highest BCUT2D eigenvalue weighted by Gasteiger charge is 2.28. The molecule has 0 aliphatic rings. The maximum atomic E-state index is 12.3. The van der Waals surface area contributed by atoms with Gasteiger partial charge in [-0.25, -0.2) is 0 Å². The number of ether oxygens (including phenoxy) is 1. The van der Waals surface area contributed by atoms with Gasteiger partial charge in [0.1, 0.15) is 4.90 Å². The molecule has 0 bridgehead atoms. The van der Waals surface area contributed by atoms with Crippen molar-refractivity contribution in [2.24, 2.45) is 0 Å². The van der Waals surface area contributed by atoms with Gasteiger partial charge in [-0.1, -0.05) is 33.6 Å². The van der Waals surface area contributed by atoms with Crippen LogP contribution in [0.15, 0.2) is 45.8 Å². The average molecular weight is 402 g/mol. The highest BCUT2D eigenvalue weighted by Crippen LogP contribution is 2.41. The highest BCUT2D eigenvalue weighted by atomic mass is 79.9. The second-order valence-corrected chi connectivity index (χ2v) is 7.03. The fraction of sp³-hybridized carbons (Fsp3) is 0.143. The quantitative estimate of drug-likeness (QED) is 0.432. The smallest absolute Gasteiger partial charge is 0.339 e. The number of methoxy groups -OCH3 is 1. The first-order valence-corrected chi connectivity index (χ1v) is 8.48. The highest BCUT2D eigenvalue weighted by molar-refractivity contribution is 9.10. The van der Waals surface area contributed by atoms with E-state index in [9.17, 15) is 18.5 Å². The van der Waals surface area contributed by atoms with Crippen LogP contribution in [0.1, 0.15) is 5.56 Å². The molecule has 0 fully saturated rings. The fourth-order valence-electron chi connectivity index (χ4n) is 1.79. The molecule has 2 aromatic rings. The standard InChI is InChI=1S/C14H12BrNO6S/c1-9-3-5-11(6-4-9)23(19,20)22-14-12(16(17)18)7-10(15)8-13(14)21-2/h3-8H,1-2H3. The normalized spacial score (nSPS) is 11.1. The van der Waals surface area contributed by atoms with Crippen LogP contribution in [0.25, 0.3) is 0 Å². The van der Waals surface area contributed by atoms with Gasteiger partial charge >= 0.3 is 15.8 Å². The molecule has 0 N–H and O–H groups in total. The molecular formula is C14H12BrNO6S. The molecule has 23 heavy (non-hydrogen) atoms. The summed E-state index contributed by atoms with van der Waals surface area (Å²) in [5.41, 5.74) is 0.350. The van der Waals surface area contributed by atoms with Crippen molar-refractivity contribution in [1.82, 2.24) is 0 Å². The third kappa shape index (κ3) is 3.80. The Hall–Kier alpha value is -2.13. The van der Waals surface area contributed by atoms with Gasteiger partial charge in [0.15, 0.2) is 5.75 Å². The van der Waals surface area contributed by atoms with Crippen molar-refractivity contribution in [2.75, 3.05) is 7.11 Å². The first kappa shape index (κ1) is 17.2. The van der Waals surface area contributed by atoms with E-state index in [0.29, 0.717) is 4.47 Å². The molecule has 2 rings (SSSR count). The van der Waals surface area contributed by atoms with Crippen LogP contribution < -0.4 is 8.92 Å². The summed E-state index contributed by atoms with van der Waals surface area (Å²) in [6.07, 6.45) is 0. The molecule has 0 atom stereocenters. The average Bonchev–Trinajstić information content (AvgIpc) is 2.48. The van der Waals surface area contributed by atoms with E-state index in [2.05, 4.69) is 15.9 Å². The fourth-order valence-corrected chi connectivity index (χ4v) is 3.17. The van der Waals surface area contributed by atoms with Crippen molar-refractivity contribution in [3.8, 4) is 11.5 Å². The summed E-state index contributed by atoms with van der Waals surface area (Å²) in [6.45, 7) is 1.81. The van der Waals surface area contributed by atoms with E-state index >= 15 is 0 Å². The summed E-state index contributed by atoms with van der Waals surface area (Å²) >= 11 is 3.10. The lowest BCUT2D eigenvalue weighted by molar-refractivity contribution is -0.385. The Labute approximate surface area is 141 Å². The van der Waals surface area contributed by atoms with Gasteiger partial charge < -0.3 is 8.92 Å². The summed E-state index contributed by atoms with van der Waals surface area (Å²) in [6, 6.07) is 8.45. The van der Waals surface area contributed by atoms with Gasteiger partial charge in [0.25, 0.3) is 5.75 Å². The molecule has 2 aromatic carbocycles. The van der Waals surface area contributed by atoms with Gasteiger partial charge in [0.05, 0.1) is 12.0 Å². The van der Waals surface area contributed by atoms with Gasteiger partial charge in [0.2, 0.25) is 0 Å². The zero-order valence-corrected chi connectivity index (χ0v) is 14.5. The van der Waals surface area contributed by atoms with Gasteiger partial charge in [0, 0.05) is 10.5 Å². The van der Waals surface area contributed by atoms with Crippen molar-refractivity contribution in [2.45, 2.75) is 11.8 Å². The molecule has 9 heteroatoms. The Morgan fingerprint density at radius 2 is 1.78 bits per heavy atom. The summed E-state index contributed by atoms with van der Waals surface area (Å²) in [5.74, 6) is -0.539. The largest absolute Gasteiger partial charge is 0.492 e. The second-order valence-electron chi connectivity index (χ2n) is 4.56. The van der Waals surface area contributed by atoms with E-state index in [1.54, 1.807) is 19.1 Å². The second kappa shape index (κ2) is 6.55. The van der Waals surface area contributed by atoms with E-state index in [4.69, 9.17) is 8.92 Å². The molecule has 0 unspecified atom stereocenters. The maximum Gasteiger partial charge on any atom is 0.339 e. The van der Waals surface area contributed by atoms with Crippen LogP contribution in [0.4, 0.5) is 5.69 Å². The minimum absolute atomic E-state index is 0.0678. The molecule has 0 aliphatic carbocycles. The Kier molecular flexibility index (Phi) is 4.90. The lowest BCUT2D eigenvalue weighted by Crippen LogP contribution is -2.11. The molecule has 0 heterocycles. The number of nitro groups is 1. The number of aryl methyl sites for hydroxylation is 1. The Morgan fingerprint density at radius 1 is 1.17 bits per heavy atom. The Balaban J connectivity index is 2.54. The Bertz CT molecular complexity index is 848. The SMILES string of the molecule is COc1cc(Br)cc([N+](=O)[O-])c1OS(=O)(=O)c1ccc(C)cc1. The van der Waals surface area contributed by atoms with Crippen molar-refractivity contribution in [3.05, 3.63) is 56.5 Å². The van der Waals surface area contributed by atoms with Crippen molar-refractivity contribution >= 4 is 31.7 Å². The molecular weight excluding hydrogens is 390 g/mol.